The second-order valence-corrected chi connectivity index (χ2v) is 6.08. The lowest BCUT2D eigenvalue weighted by Gasteiger charge is -2.15. The van der Waals surface area contributed by atoms with Gasteiger partial charge in [-0.05, 0) is 29.9 Å². The topological polar surface area (TPSA) is 79.5 Å². The summed E-state index contributed by atoms with van der Waals surface area (Å²) in [6.07, 6.45) is 2.75. The number of nitrogens with zero attached hydrogens (tertiary/aromatic N) is 2. The van der Waals surface area contributed by atoms with E-state index in [-0.39, 0.29) is 12.8 Å². The molecular formula is C15H16N2O5S. The number of aromatic nitrogens is 2. The maximum atomic E-state index is 12.6. The van der Waals surface area contributed by atoms with E-state index in [1.807, 2.05) is 0 Å². The molecule has 1 atom stereocenters. The van der Waals surface area contributed by atoms with Crippen LogP contribution >= 0.6 is 11.3 Å². The zero-order chi connectivity index (χ0) is 16.4. The van der Waals surface area contributed by atoms with Crippen LogP contribution in [0, 0.1) is 0 Å². The first-order chi connectivity index (χ1) is 11.1. The number of carbonyl (C=O) groups is 1. The Balaban J connectivity index is 1.99. The Hall–Kier alpha value is -2.19. The summed E-state index contributed by atoms with van der Waals surface area (Å²) in [5.41, 5.74) is -0.260. The van der Waals surface area contributed by atoms with Gasteiger partial charge in [0.25, 0.3) is 5.56 Å². The van der Waals surface area contributed by atoms with Crippen LogP contribution in [0.3, 0.4) is 0 Å². The number of esters is 1. The van der Waals surface area contributed by atoms with Crippen LogP contribution in [0.2, 0.25) is 0 Å². The Morgan fingerprint density at radius 2 is 2.26 bits per heavy atom. The fraction of sp³-hybridized carbons (Fsp3) is 0.400. The lowest BCUT2D eigenvalue weighted by Crippen LogP contribution is -2.40. The van der Waals surface area contributed by atoms with E-state index in [0.29, 0.717) is 17.0 Å². The predicted octanol–water partition coefficient (Wildman–Crippen LogP) is 1.22. The molecule has 1 fully saturated rings. The number of carbonyl (C=O) groups excluding carboxylic acids is 1. The van der Waals surface area contributed by atoms with Crippen molar-refractivity contribution >= 4 is 17.3 Å². The first-order valence-corrected chi connectivity index (χ1v) is 8.08. The van der Waals surface area contributed by atoms with Gasteiger partial charge in [0.1, 0.15) is 11.1 Å². The number of rotatable bonds is 4. The van der Waals surface area contributed by atoms with E-state index in [1.165, 1.54) is 35.3 Å². The van der Waals surface area contributed by atoms with Crippen molar-refractivity contribution in [2.75, 3.05) is 13.7 Å². The Morgan fingerprint density at radius 1 is 1.43 bits per heavy atom. The summed E-state index contributed by atoms with van der Waals surface area (Å²) in [7, 11) is 1.30. The van der Waals surface area contributed by atoms with E-state index in [4.69, 9.17) is 9.47 Å². The van der Waals surface area contributed by atoms with E-state index in [2.05, 4.69) is 0 Å². The molecule has 7 nitrogen and oxygen atoms in total. The van der Waals surface area contributed by atoms with Gasteiger partial charge in [-0.1, -0.05) is 0 Å². The third-order valence-electron chi connectivity index (χ3n) is 3.76. The van der Waals surface area contributed by atoms with Gasteiger partial charge in [-0.25, -0.2) is 9.59 Å². The number of hydrogen-bond acceptors (Lipinski definition) is 6. The van der Waals surface area contributed by atoms with Crippen molar-refractivity contribution < 1.29 is 14.3 Å². The van der Waals surface area contributed by atoms with Crippen molar-refractivity contribution in [3.63, 3.8) is 0 Å². The SMILES string of the molecule is COC(=O)c1sccc1Cn1c(=O)ccn(C2CCCO2)c1=O. The van der Waals surface area contributed by atoms with Crippen molar-refractivity contribution in [3.05, 3.63) is 55.0 Å². The molecule has 8 heteroatoms. The van der Waals surface area contributed by atoms with Crippen LogP contribution in [-0.2, 0) is 16.0 Å². The van der Waals surface area contributed by atoms with Crippen molar-refractivity contribution in [3.8, 4) is 0 Å². The van der Waals surface area contributed by atoms with Gasteiger partial charge in [0, 0.05) is 18.9 Å². The molecule has 0 amide bonds. The molecule has 0 spiro atoms. The van der Waals surface area contributed by atoms with Crippen molar-refractivity contribution in [1.82, 2.24) is 9.13 Å². The summed E-state index contributed by atoms with van der Waals surface area (Å²) in [5, 5.41) is 1.73. The average Bonchev–Trinajstić information content (AvgIpc) is 3.22. The van der Waals surface area contributed by atoms with Crippen molar-refractivity contribution in [2.24, 2.45) is 0 Å². The molecule has 0 aliphatic carbocycles. The fourth-order valence-electron chi connectivity index (χ4n) is 2.58. The first-order valence-electron chi connectivity index (χ1n) is 7.20. The van der Waals surface area contributed by atoms with Gasteiger partial charge in [0.2, 0.25) is 0 Å². The maximum Gasteiger partial charge on any atom is 0.348 e. The van der Waals surface area contributed by atoms with E-state index in [0.717, 1.165) is 17.4 Å². The number of methoxy groups -OCH3 is 1. The molecule has 1 aliphatic rings. The predicted molar refractivity (Wildman–Crippen MR) is 83.9 cm³/mol. The van der Waals surface area contributed by atoms with E-state index >= 15 is 0 Å². The Bertz CT molecular complexity index is 829. The number of ether oxygens (including phenoxy) is 2. The van der Waals surface area contributed by atoms with Gasteiger partial charge in [-0.15, -0.1) is 11.3 Å². The molecule has 1 saturated heterocycles. The van der Waals surface area contributed by atoms with Gasteiger partial charge in [-0.3, -0.25) is 13.9 Å². The highest BCUT2D eigenvalue weighted by Crippen LogP contribution is 2.21. The van der Waals surface area contributed by atoms with Crippen LogP contribution in [0.4, 0.5) is 0 Å². The van der Waals surface area contributed by atoms with Crippen LogP contribution in [0.1, 0.15) is 34.3 Å². The summed E-state index contributed by atoms with van der Waals surface area (Å²) in [5.74, 6) is -0.474. The smallest absolute Gasteiger partial charge is 0.348 e. The molecule has 2 aromatic heterocycles. The molecule has 0 bridgehead atoms. The van der Waals surface area contributed by atoms with Gasteiger partial charge in [0.15, 0.2) is 0 Å². The lowest BCUT2D eigenvalue weighted by molar-refractivity contribution is 0.0514. The Morgan fingerprint density at radius 3 is 2.96 bits per heavy atom. The molecule has 23 heavy (non-hydrogen) atoms. The van der Waals surface area contributed by atoms with Crippen LogP contribution in [0.25, 0.3) is 0 Å². The highest BCUT2D eigenvalue weighted by molar-refractivity contribution is 7.12. The highest BCUT2D eigenvalue weighted by atomic mass is 32.1. The normalized spacial score (nSPS) is 17.3. The van der Waals surface area contributed by atoms with E-state index < -0.39 is 17.2 Å². The summed E-state index contributed by atoms with van der Waals surface area (Å²) in [4.78, 5) is 36.8. The molecule has 3 heterocycles. The minimum atomic E-state index is -0.474. The van der Waals surface area contributed by atoms with Crippen LogP contribution in [0.15, 0.2) is 33.3 Å². The van der Waals surface area contributed by atoms with Gasteiger partial charge >= 0.3 is 11.7 Å². The summed E-state index contributed by atoms with van der Waals surface area (Å²) in [6, 6.07) is 3.06. The fourth-order valence-corrected chi connectivity index (χ4v) is 3.41. The zero-order valence-electron chi connectivity index (χ0n) is 12.6. The van der Waals surface area contributed by atoms with Gasteiger partial charge in [0.05, 0.1) is 13.7 Å². The van der Waals surface area contributed by atoms with E-state index in [9.17, 15) is 14.4 Å². The standard InChI is InChI=1S/C15H16N2O5S/c1-21-14(19)13-10(5-8-23-13)9-17-11(18)4-6-16(15(17)20)12-3-2-7-22-12/h4-6,8,12H,2-3,7,9H2,1H3. The largest absolute Gasteiger partial charge is 0.465 e. The maximum absolute atomic E-state index is 12.6. The minimum absolute atomic E-state index is 0.0269. The number of thiophene rings is 1. The van der Waals surface area contributed by atoms with Gasteiger partial charge < -0.3 is 9.47 Å². The molecule has 122 valence electrons. The molecule has 0 aromatic carbocycles. The average molecular weight is 336 g/mol. The molecule has 1 unspecified atom stereocenters. The summed E-state index contributed by atoms with van der Waals surface area (Å²) >= 11 is 1.22. The van der Waals surface area contributed by atoms with Crippen molar-refractivity contribution in [2.45, 2.75) is 25.6 Å². The second-order valence-electron chi connectivity index (χ2n) is 5.16. The molecule has 2 aromatic rings. The monoisotopic (exact) mass is 336 g/mol. The Labute approximate surface area is 135 Å². The molecule has 0 N–H and O–H groups in total. The van der Waals surface area contributed by atoms with Gasteiger partial charge in [-0.2, -0.15) is 0 Å². The third kappa shape index (κ3) is 2.99. The zero-order valence-corrected chi connectivity index (χ0v) is 13.4. The summed E-state index contributed by atoms with van der Waals surface area (Å²) < 4.78 is 12.8. The molecule has 0 radical (unpaired) electrons. The first kappa shape index (κ1) is 15.7. The highest BCUT2D eigenvalue weighted by Gasteiger charge is 2.21. The minimum Gasteiger partial charge on any atom is -0.465 e. The quantitative estimate of drug-likeness (QED) is 0.784. The van der Waals surface area contributed by atoms with Crippen LogP contribution < -0.4 is 11.2 Å². The third-order valence-corrected chi connectivity index (χ3v) is 4.69. The van der Waals surface area contributed by atoms with E-state index in [1.54, 1.807) is 11.4 Å². The lowest BCUT2D eigenvalue weighted by atomic mass is 10.2. The van der Waals surface area contributed by atoms with Crippen molar-refractivity contribution in [1.29, 1.82) is 0 Å². The van der Waals surface area contributed by atoms with Crippen LogP contribution in [0.5, 0.6) is 0 Å². The Kier molecular flexibility index (Phi) is 4.44. The molecule has 3 rings (SSSR count). The molecule has 0 saturated carbocycles. The molecular weight excluding hydrogens is 320 g/mol. The van der Waals surface area contributed by atoms with Crippen LogP contribution in [-0.4, -0.2) is 28.8 Å². The molecule has 1 aliphatic heterocycles. The number of hydrogen-bond donors (Lipinski definition) is 0. The summed E-state index contributed by atoms with van der Waals surface area (Å²) in [6.45, 7) is 0.631. The second kappa shape index (κ2) is 6.51.